The lowest BCUT2D eigenvalue weighted by molar-refractivity contribution is 0.734. The van der Waals surface area contributed by atoms with Gasteiger partial charge >= 0.3 is 0 Å². The van der Waals surface area contributed by atoms with Crippen LogP contribution in [0, 0.1) is 0 Å². The van der Waals surface area contributed by atoms with E-state index >= 15 is 0 Å². The number of hydrogen-bond donors (Lipinski definition) is 2. The number of rotatable bonds is 5. The molecule has 3 heterocycles. The molecule has 1 aromatic carbocycles. The van der Waals surface area contributed by atoms with Gasteiger partial charge in [-0.2, -0.15) is 0 Å². The first-order valence-electron chi connectivity index (χ1n) is 7.27. The van der Waals surface area contributed by atoms with E-state index in [0.717, 1.165) is 29.1 Å². The van der Waals surface area contributed by atoms with E-state index in [1.165, 1.54) is 4.63 Å². The quantitative estimate of drug-likeness (QED) is 0.541. The molecule has 8 nitrogen and oxygen atoms in total. The Hall–Kier alpha value is -3.29. The molecular weight excluding hydrogens is 292 g/mol. The van der Waals surface area contributed by atoms with Crippen LogP contribution in [0.3, 0.4) is 0 Å². The third-order valence-corrected chi connectivity index (χ3v) is 3.41. The number of nitrogens with zero attached hydrogens (tertiary/aromatic N) is 6. The summed E-state index contributed by atoms with van der Waals surface area (Å²) >= 11 is 0. The van der Waals surface area contributed by atoms with E-state index in [9.17, 15) is 0 Å². The summed E-state index contributed by atoms with van der Waals surface area (Å²) in [5, 5.41) is 23.0. The maximum Gasteiger partial charge on any atom is 0.200 e. The van der Waals surface area contributed by atoms with Crippen molar-refractivity contribution in [1.29, 1.82) is 0 Å². The van der Waals surface area contributed by atoms with Gasteiger partial charge in [-0.25, -0.2) is 4.98 Å². The van der Waals surface area contributed by atoms with Crippen LogP contribution in [0.25, 0.3) is 16.6 Å². The largest absolute Gasteiger partial charge is 0.368 e. The molecule has 0 fully saturated rings. The highest BCUT2D eigenvalue weighted by Gasteiger charge is 2.00. The van der Waals surface area contributed by atoms with Crippen molar-refractivity contribution in [3.05, 3.63) is 48.5 Å². The molecule has 23 heavy (non-hydrogen) atoms. The van der Waals surface area contributed by atoms with Crippen molar-refractivity contribution in [3.8, 4) is 0 Å². The van der Waals surface area contributed by atoms with Crippen molar-refractivity contribution >= 4 is 28.2 Å². The first kappa shape index (κ1) is 13.4. The van der Waals surface area contributed by atoms with Crippen LogP contribution in [0.2, 0.25) is 0 Å². The number of para-hydroxylation sites is 1. The van der Waals surface area contributed by atoms with Crippen molar-refractivity contribution in [3.63, 3.8) is 0 Å². The minimum Gasteiger partial charge on any atom is -0.368 e. The lowest BCUT2D eigenvalue weighted by Gasteiger charge is -2.08. The molecular formula is C15H14N8. The summed E-state index contributed by atoms with van der Waals surface area (Å²) in [7, 11) is 0. The summed E-state index contributed by atoms with van der Waals surface area (Å²) < 4.78 is 1.39. The van der Waals surface area contributed by atoms with E-state index in [4.69, 9.17) is 0 Å². The summed E-state index contributed by atoms with van der Waals surface area (Å²) in [5.41, 5.74) is 1.60. The Labute approximate surface area is 131 Å². The number of anilines is 2. The molecule has 4 aromatic rings. The zero-order valence-electron chi connectivity index (χ0n) is 12.2. The van der Waals surface area contributed by atoms with Crippen LogP contribution in [0.5, 0.6) is 0 Å². The van der Waals surface area contributed by atoms with Gasteiger partial charge in [0.1, 0.15) is 11.6 Å². The number of tetrazole rings is 1. The highest BCUT2D eigenvalue weighted by molar-refractivity contribution is 5.80. The van der Waals surface area contributed by atoms with E-state index < -0.39 is 0 Å². The monoisotopic (exact) mass is 306 g/mol. The van der Waals surface area contributed by atoms with Crippen molar-refractivity contribution in [2.75, 3.05) is 23.7 Å². The molecule has 0 aliphatic heterocycles. The van der Waals surface area contributed by atoms with Gasteiger partial charge in [0.25, 0.3) is 0 Å². The molecule has 0 radical (unpaired) electrons. The van der Waals surface area contributed by atoms with Gasteiger partial charge in [0.2, 0.25) is 0 Å². The zero-order chi connectivity index (χ0) is 15.5. The van der Waals surface area contributed by atoms with Crippen molar-refractivity contribution in [2.24, 2.45) is 0 Å². The highest BCUT2D eigenvalue weighted by atomic mass is 15.6. The summed E-state index contributed by atoms with van der Waals surface area (Å²) in [4.78, 5) is 4.57. The second-order valence-electron chi connectivity index (χ2n) is 4.99. The molecule has 0 spiro atoms. The second-order valence-corrected chi connectivity index (χ2v) is 4.99. The summed E-state index contributed by atoms with van der Waals surface area (Å²) in [6.45, 7) is 1.43. The number of aromatic nitrogens is 6. The maximum atomic E-state index is 4.57. The third kappa shape index (κ3) is 2.86. The first-order valence-corrected chi connectivity index (χ1v) is 7.27. The topological polar surface area (TPSA) is 92.9 Å². The minimum absolute atomic E-state index is 0.619. The number of benzene rings is 1. The lowest BCUT2D eigenvalue weighted by Crippen LogP contribution is -2.15. The Bertz CT molecular complexity index is 948. The first-order chi connectivity index (χ1) is 11.4. The Morgan fingerprint density at radius 2 is 1.70 bits per heavy atom. The Kier molecular flexibility index (Phi) is 3.39. The lowest BCUT2D eigenvalue weighted by atomic mass is 10.2. The zero-order valence-corrected chi connectivity index (χ0v) is 12.2. The van der Waals surface area contributed by atoms with Gasteiger partial charge < -0.3 is 10.6 Å². The van der Waals surface area contributed by atoms with Gasteiger partial charge in [-0.3, -0.25) is 0 Å². The second kappa shape index (κ2) is 5.84. The predicted molar refractivity (Wildman–Crippen MR) is 87.3 cm³/mol. The Balaban J connectivity index is 1.35. The molecule has 3 aromatic heterocycles. The van der Waals surface area contributed by atoms with Gasteiger partial charge in [0.15, 0.2) is 5.65 Å². The van der Waals surface area contributed by atoms with Gasteiger partial charge in [-0.15, -0.1) is 14.8 Å². The number of hydrogen-bond acceptors (Lipinski definition) is 7. The number of nitrogens with one attached hydrogen (secondary N) is 2. The molecule has 0 amide bonds. The van der Waals surface area contributed by atoms with Crippen LogP contribution in [0.1, 0.15) is 0 Å². The van der Waals surface area contributed by atoms with Crippen LogP contribution in [0.15, 0.2) is 48.5 Å². The molecule has 0 aliphatic carbocycles. The average Bonchev–Trinajstić information content (AvgIpc) is 3.06. The standard InChI is InChI=1S/C15H14N8/c1-2-4-12-11(3-1)5-6-13(18-12)16-9-10-17-14-7-8-15-19-21-22-23(15)20-14/h1-8H,9-10H2,(H,16,18)(H,17,20). The molecule has 4 rings (SSSR count). The maximum absolute atomic E-state index is 4.57. The van der Waals surface area contributed by atoms with Crippen molar-refractivity contribution < 1.29 is 0 Å². The summed E-state index contributed by atoms with van der Waals surface area (Å²) in [5.74, 6) is 1.58. The van der Waals surface area contributed by atoms with Crippen LogP contribution in [-0.2, 0) is 0 Å². The fourth-order valence-corrected chi connectivity index (χ4v) is 2.29. The normalized spacial score (nSPS) is 11.0. The molecule has 8 heteroatoms. The average molecular weight is 306 g/mol. The molecule has 2 N–H and O–H groups in total. The van der Waals surface area contributed by atoms with E-state index in [1.807, 2.05) is 36.4 Å². The molecule has 0 unspecified atom stereocenters. The van der Waals surface area contributed by atoms with E-state index in [2.05, 4.69) is 48.4 Å². The molecule has 0 saturated heterocycles. The summed E-state index contributed by atoms with van der Waals surface area (Å²) in [6, 6.07) is 15.8. The van der Waals surface area contributed by atoms with Crippen LogP contribution in [0.4, 0.5) is 11.6 Å². The molecule has 0 bridgehead atoms. The smallest absolute Gasteiger partial charge is 0.200 e. The third-order valence-electron chi connectivity index (χ3n) is 3.41. The highest BCUT2D eigenvalue weighted by Crippen LogP contribution is 2.14. The van der Waals surface area contributed by atoms with E-state index in [0.29, 0.717) is 12.2 Å². The summed E-state index contributed by atoms with van der Waals surface area (Å²) in [6.07, 6.45) is 0. The Morgan fingerprint density at radius 1 is 0.870 bits per heavy atom. The number of fused-ring (bicyclic) bond motifs is 2. The van der Waals surface area contributed by atoms with E-state index in [1.54, 1.807) is 0 Å². The predicted octanol–water partition coefficient (Wildman–Crippen LogP) is 1.59. The van der Waals surface area contributed by atoms with E-state index in [-0.39, 0.29) is 0 Å². The van der Waals surface area contributed by atoms with Crippen LogP contribution >= 0.6 is 0 Å². The Morgan fingerprint density at radius 3 is 2.65 bits per heavy atom. The molecule has 0 atom stereocenters. The van der Waals surface area contributed by atoms with Crippen LogP contribution in [-0.4, -0.2) is 43.3 Å². The fraction of sp³-hybridized carbons (Fsp3) is 0.133. The SMILES string of the molecule is c1ccc2nc(NCCNc3ccc4nnnn4n3)ccc2c1. The van der Waals surface area contributed by atoms with Gasteiger partial charge in [-0.05, 0) is 40.8 Å². The number of pyridine rings is 1. The van der Waals surface area contributed by atoms with Gasteiger partial charge in [0.05, 0.1) is 5.52 Å². The molecule has 114 valence electrons. The molecule has 0 saturated carbocycles. The van der Waals surface area contributed by atoms with Gasteiger partial charge in [0, 0.05) is 18.5 Å². The van der Waals surface area contributed by atoms with Gasteiger partial charge in [-0.1, -0.05) is 18.2 Å². The minimum atomic E-state index is 0.619. The van der Waals surface area contributed by atoms with Crippen molar-refractivity contribution in [1.82, 2.24) is 30.2 Å². The fourth-order valence-electron chi connectivity index (χ4n) is 2.29. The van der Waals surface area contributed by atoms with Crippen molar-refractivity contribution in [2.45, 2.75) is 0 Å². The molecule has 0 aliphatic rings. The van der Waals surface area contributed by atoms with Crippen LogP contribution < -0.4 is 10.6 Å².